The minimum absolute atomic E-state index is 0.0600. The number of anilines is 1. The van der Waals surface area contributed by atoms with Crippen molar-refractivity contribution in [2.75, 3.05) is 12.8 Å². The van der Waals surface area contributed by atoms with Gasteiger partial charge >= 0.3 is 5.97 Å². The van der Waals surface area contributed by atoms with E-state index in [0.29, 0.717) is 21.2 Å². The summed E-state index contributed by atoms with van der Waals surface area (Å²) in [5.74, 6) is -0.442. The van der Waals surface area contributed by atoms with E-state index in [2.05, 4.69) is 15.5 Å². The number of hydrogen-bond donors (Lipinski definition) is 1. The molecule has 0 saturated heterocycles. The minimum Gasteiger partial charge on any atom is -0.466 e. The maximum Gasteiger partial charge on any atom is 0.335 e. The molecule has 9 heteroatoms. The highest BCUT2D eigenvalue weighted by atomic mass is 35.5. The van der Waals surface area contributed by atoms with Gasteiger partial charge in [0.15, 0.2) is 0 Å². The topological polar surface area (TPSA) is 95.9 Å². The summed E-state index contributed by atoms with van der Waals surface area (Å²) in [6.45, 7) is 0.0600. The van der Waals surface area contributed by atoms with Gasteiger partial charge in [-0.05, 0) is 34.2 Å². The van der Waals surface area contributed by atoms with Gasteiger partial charge in [-0.1, -0.05) is 34.4 Å². The van der Waals surface area contributed by atoms with Gasteiger partial charge in [0.1, 0.15) is 0 Å². The zero-order valence-electron chi connectivity index (χ0n) is 11.0. The predicted molar refractivity (Wildman–Crippen MR) is 78.7 cm³/mol. The molecule has 0 fully saturated rings. The molecule has 0 atom stereocenters. The standard InChI is InChI=1S/C12H11Cl2N5O2/c1-21-11(20)8(6-19-12(15)16-17-18-19)4-7-2-3-9(13)5-10(7)14/h2-5H,6H2,1H3,(H2,15,16,18)/b8-4+. The summed E-state index contributed by atoms with van der Waals surface area (Å²) in [5, 5.41) is 11.5. The van der Waals surface area contributed by atoms with Crippen molar-refractivity contribution in [1.82, 2.24) is 20.2 Å². The number of nitrogen functional groups attached to an aromatic ring is 1. The largest absolute Gasteiger partial charge is 0.466 e. The average molecular weight is 328 g/mol. The summed E-state index contributed by atoms with van der Waals surface area (Å²) in [6.07, 6.45) is 1.58. The number of rotatable bonds is 4. The van der Waals surface area contributed by atoms with E-state index in [1.807, 2.05) is 0 Å². The molecule has 2 aromatic rings. The third-order valence-electron chi connectivity index (χ3n) is 2.62. The second-order valence-corrected chi connectivity index (χ2v) is 4.87. The van der Waals surface area contributed by atoms with Crippen molar-refractivity contribution < 1.29 is 9.53 Å². The third kappa shape index (κ3) is 3.71. The normalized spacial score (nSPS) is 11.5. The van der Waals surface area contributed by atoms with Crippen LogP contribution in [0.4, 0.5) is 5.95 Å². The van der Waals surface area contributed by atoms with Crippen molar-refractivity contribution in [1.29, 1.82) is 0 Å². The molecule has 0 saturated carbocycles. The Morgan fingerprint density at radius 1 is 1.48 bits per heavy atom. The smallest absolute Gasteiger partial charge is 0.335 e. The van der Waals surface area contributed by atoms with Crippen LogP contribution in [0, 0.1) is 0 Å². The first-order chi connectivity index (χ1) is 10.0. The van der Waals surface area contributed by atoms with Crippen LogP contribution in [0.25, 0.3) is 6.08 Å². The predicted octanol–water partition coefficient (Wildman–Crippen LogP) is 1.82. The summed E-state index contributed by atoms with van der Waals surface area (Å²) in [4.78, 5) is 11.8. The number of carbonyl (C=O) groups is 1. The molecule has 0 amide bonds. The summed E-state index contributed by atoms with van der Waals surface area (Å²) in [5.41, 5.74) is 6.49. The summed E-state index contributed by atoms with van der Waals surface area (Å²) >= 11 is 11.9. The molecule has 0 spiro atoms. The van der Waals surface area contributed by atoms with Gasteiger partial charge in [0.25, 0.3) is 0 Å². The highest BCUT2D eigenvalue weighted by Gasteiger charge is 2.14. The molecule has 0 aliphatic rings. The molecule has 0 radical (unpaired) electrons. The fourth-order valence-electron chi connectivity index (χ4n) is 1.59. The van der Waals surface area contributed by atoms with E-state index in [-0.39, 0.29) is 12.5 Å². The lowest BCUT2D eigenvalue weighted by Gasteiger charge is -2.07. The van der Waals surface area contributed by atoms with Gasteiger partial charge in [0.2, 0.25) is 5.95 Å². The summed E-state index contributed by atoms with van der Waals surface area (Å²) < 4.78 is 6.01. The number of nitrogens with two attached hydrogens (primary N) is 1. The number of tetrazole rings is 1. The minimum atomic E-state index is -0.532. The van der Waals surface area contributed by atoms with Crippen LogP contribution in [0.2, 0.25) is 10.0 Å². The van der Waals surface area contributed by atoms with Crippen LogP contribution in [0.15, 0.2) is 23.8 Å². The van der Waals surface area contributed by atoms with Crippen molar-refractivity contribution in [3.05, 3.63) is 39.4 Å². The van der Waals surface area contributed by atoms with Crippen molar-refractivity contribution in [2.24, 2.45) is 0 Å². The number of aromatic nitrogens is 4. The van der Waals surface area contributed by atoms with Crippen LogP contribution in [-0.2, 0) is 16.1 Å². The molecule has 1 aromatic heterocycles. The number of hydrogen-bond acceptors (Lipinski definition) is 6. The number of methoxy groups -OCH3 is 1. The molecule has 1 heterocycles. The number of esters is 1. The number of halogens is 2. The van der Waals surface area contributed by atoms with Crippen LogP contribution in [0.1, 0.15) is 5.56 Å². The quantitative estimate of drug-likeness (QED) is 0.679. The lowest BCUT2D eigenvalue weighted by molar-refractivity contribution is -0.136. The van der Waals surface area contributed by atoms with Gasteiger partial charge in [0.05, 0.1) is 19.2 Å². The Morgan fingerprint density at radius 2 is 2.24 bits per heavy atom. The molecule has 2 rings (SSSR count). The second-order valence-electron chi connectivity index (χ2n) is 4.02. The van der Waals surface area contributed by atoms with E-state index in [4.69, 9.17) is 33.7 Å². The Kier molecular flexibility index (Phi) is 4.77. The summed E-state index contributed by atoms with van der Waals surface area (Å²) in [7, 11) is 1.28. The second kappa shape index (κ2) is 6.55. The molecular weight excluding hydrogens is 317 g/mol. The van der Waals surface area contributed by atoms with E-state index < -0.39 is 5.97 Å². The Bertz CT molecular complexity index is 699. The first-order valence-electron chi connectivity index (χ1n) is 5.77. The van der Waals surface area contributed by atoms with Gasteiger partial charge in [-0.2, -0.15) is 0 Å². The SMILES string of the molecule is COC(=O)/C(=C/c1ccc(Cl)cc1Cl)Cn1nnnc1N. The number of nitrogens with zero attached hydrogens (tertiary/aromatic N) is 4. The molecule has 0 unspecified atom stereocenters. The van der Waals surface area contributed by atoms with Crippen molar-refractivity contribution in [2.45, 2.75) is 6.54 Å². The van der Waals surface area contributed by atoms with E-state index in [1.165, 1.54) is 11.8 Å². The fraction of sp³-hybridized carbons (Fsp3) is 0.167. The Hall–Kier alpha value is -2.12. The van der Waals surface area contributed by atoms with Crippen LogP contribution < -0.4 is 5.73 Å². The van der Waals surface area contributed by atoms with Crippen LogP contribution in [0.3, 0.4) is 0 Å². The van der Waals surface area contributed by atoms with Gasteiger partial charge in [-0.25, -0.2) is 9.48 Å². The molecule has 0 bridgehead atoms. The van der Waals surface area contributed by atoms with Crippen molar-refractivity contribution >= 4 is 41.2 Å². The molecular formula is C12H11Cl2N5O2. The summed E-state index contributed by atoms with van der Waals surface area (Å²) in [6, 6.07) is 4.94. The Morgan fingerprint density at radius 3 is 2.81 bits per heavy atom. The van der Waals surface area contributed by atoms with Gasteiger partial charge in [-0.3, -0.25) is 0 Å². The lowest BCUT2D eigenvalue weighted by atomic mass is 10.1. The van der Waals surface area contributed by atoms with Gasteiger partial charge in [-0.15, -0.1) is 0 Å². The van der Waals surface area contributed by atoms with E-state index in [0.717, 1.165) is 0 Å². The first kappa shape index (κ1) is 15.3. The van der Waals surface area contributed by atoms with E-state index in [1.54, 1.807) is 24.3 Å². The molecule has 1 aromatic carbocycles. The molecule has 2 N–H and O–H groups in total. The van der Waals surface area contributed by atoms with Gasteiger partial charge < -0.3 is 10.5 Å². The van der Waals surface area contributed by atoms with Crippen LogP contribution in [-0.4, -0.2) is 33.3 Å². The third-order valence-corrected chi connectivity index (χ3v) is 3.18. The molecule has 7 nitrogen and oxygen atoms in total. The Labute approximate surface area is 130 Å². The number of benzene rings is 1. The molecule has 0 aliphatic carbocycles. The average Bonchev–Trinajstić information content (AvgIpc) is 2.85. The Balaban J connectivity index is 2.38. The van der Waals surface area contributed by atoms with E-state index >= 15 is 0 Å². The van der Waals surface area contributed by atoms with Gasteiger partial charge in [0, 0.05) is 10.0 Å². The highest BCUT2D eigenvalue weighted by Crippen LogP contribution is 2.23. The molecule has 21 heavy (non-hydrogen) atoms. The van der Waals surface area contributed by atoms with Crippen molar-refractivity contribution in [3.63, 3.8) is 0 Å². The van der Waals surface area contributed by atoms with Crippen LogP contribution in [0.5, 0.6) is 0 Å². The monoisotopic (exact) mass is 327 g/mol. The first-order valence-corrected chi connectivity index (χ1v) is 6.52. The zero-order valence-corrected chi connectivity index (χ0v) is 12.5. The number of carbonyl (C=O) groups excluding carboxylic acids is 1. The maximum atomic E-state index is 11.8. The lowest BCUT2D eigenvalue weighted by Crippen LogP contribution is -2.14. The maximum absolute atomic E-state index is 11.8. The zero-order chi connectivity index (χ0) is 15.4. The van der Waals surface area contributed by atoms with E-state index in [9.17, 15) is 4.79 Å². The fourth-order valence-corrected chi connectivity index (χ4v) is 2.06. The molecule has 110 valence electrons. The van der Waals surface area contributed by atoms with Crippen LogP contribution >= 0.6 is 23.2 Å². The highest BCUT2D eigenvalue weighted by molar-refractivity contribution is 6.35. The number of ether oxygens (including phenoxy) is 1. The van der Waals surface area contributed by atoms with Crippen molar-refractivity contribution in [3.8, 4) is 0 Å². The molecule has 0 aliphatic heterocycles.